The maximum Gasteiger partial charge on any atom is 0.0741 e. The Balaban J connectivity index is -0.000000129. The van der Waals surface area contributed by atoms with Crippen LogP contribution in [0.2, 0.25) is 0 Å². The Hall–Kier alpha value is -0.0800. The summed E-state index contributed by atoms with van der Waals surface area (Å²) in [7, 11) is 0. The fraction of sp³-hybridized carbons (Fsp3) is 1.00. The average molecular weight is 958 g/mol. The van der Waals surface area contributed by atoms with Gasteiger partial charge in [0.25, 0.3) is 0 Å². The van der Waals surface area contributed by atoms with Gasteiger partial charge in [-0.2, -0.15) is 0 Å². The third-order valence-corrected chi connectivity index (χ3v) is 16.1. The molecule has 0 unspecified atom stereocenters. The van der Waals surface area contributed by atoms with E-state index in [2.05, 4.69) is 291 Å². The van der Waals surface area contributed by atoms with Gasteiger partial charge >= 0.3 is 0 Å². The highest BCUT2D eigenvalue weighted by molar-refractivity contribution is 4.98. The van der Waals surface area contributed by atoms with Crippen LogP contribution in [0.5, 0.6) is 0 Å². The Morgan fingerprint density at radius 2 is 0.493 bits per heavy atom. The second-order valence-electron chi connectivity index (χ2n) is 34.3. The van der Waals surface area contributed by atoms with Gasteiger partial charge in [0.15, 0.2) is 0 Å². The molecule has 0 aliphatic carbocycles. The molecule has 0 spiro atoms. The van der Waals surface area contributed by atoms with E-state index >= 15 is 0 Å². The van der Waals surface area contributed by atoms with E-state index in [1.54, 1.807) is 0 Å². The van der Waals surface area contributed by atoms with Crippen LogP contribution in [0.25, 0.3) is 0 Å². The van der Waals surface area contributed by atoms with Gasteiger partial charge in [-0.15, -0.1) is 0 Å². The molecule has 0 aromatic rings. The molecule has 2 heteroatoms. The summed E-state index contributed by atoms with van der Waals surface area (Å²) >= 11 is 0. The summed E-state index contributed by atoms with van der Waals surface area (Å²) in [5, 5.41) is 20.7. The van der Waals surface area contributed by atoms with Crippen molar-refractivity contribution in [1.82, 2.24) is 0 Å². The van der Waals surface area contributed by atoms with Crippen molar-refractivity contribution in [2.45, 2.75) is 329 Å². The number of hydrogen-bond acceptors (Lipinski definition) is 2. The molecule has 2 nitrogen and oxygen atoms in total. The van der Waals surface area contributed by atoms with E-state index in [0.29, 0.717) is 43.3 Å². The molecule has 0 saturated carbocycles. The van der Waals surface area contributed by atoms with Crippen molar-refractivity contribution in [2.75, 3.05) is 0 Å². The van der Waals surface area contributed by atoms with Crippen molar-refractivity contribution in [3.05, 3.63) is 0 Å². The van der Waals surface area contributed by atoms with Gasteiger partial charge in [0.2, 0.25) is 0 Å². The molecule has 0 fully saturated rings. The molecular formula is C65H144O2. The molecular weight excluding hydrogens is 813 g/mol. The molecule has 0 atom stereocenters. The standard InChI is InChI=1S/C12H26.C11H24O.C11H24.C10H22O.2C10H22.CH4/c1-9(2)10(11(3,4)5)12(6,7)8;1-8-11(12,9(2,3)4)10(5,6)7;1-8-9(10(2,3)4)11(5,6)7;1-8(2,3)10(7,11)9(4,5)6;2*1-8(9(2,3)4)10(5,6)7;/h9-10H,1-8H3;12H,8H2,1-7H3;9H,8H2,1-7H3;11H,1-7H3;2*8H,1-7H3;1H4. The molecule has 0 radical (unpaired) electrons. The number of rotatable bonds is 3. The van der Waals surface area contributed by atoms with Crippen LogP contribution < -0.4 is 0 Å². The fourth-order valence-electron chi connectivity index (χ4n) is 11.7. The first-order chi connectivity index (χ1) is 27.6. The Kier molecular flexibility index (Phi) is 33.0. The Morgan fingerprint density at radius 1 is 0.299 bits per heavy atom. The maximum atomic E-state index is 10.5. The van der Waals surface area contributed by atoms with Crippen molar-refractivity contribution >= 4 is 0 Å². The maximum absolute atomic E-state index is 10.5. The van der Waals surface area contributed by atoms with E-state index in [9.17, 15) is 10.2 Å². The second-order valence-corrected chi connectivity index (χ2v) is 34.3. The van der Waals surface area contributed by atoms with Gasteiger partial charge in [0.05, 0.1) is 11.2 Å². The van der Waals surface area contributed by atoms with Crippen LogP contribution in [0.4, 0.5) is 0 Å². The van der Waals surface area contributed by atoms with Crippen LogP contribution in [-0.4, -0.2) is 21.4 Å². The van der Waals surface area contributed by atoms with Gasteiger partial charge in [-0.1, -0.05) is 305 Å². The van der Waals surface area contributed by atoms with Crippen molar-refractivity contribution in [1.29, 1.82) is 0 Å². The molecule has 0 heterocycles. The SMILES string of the molecule is C.CC(C(C)(C)C)C(C)(C)C.CC(C(C)(C)C)C(C)(C)C.CC(C)(C)C(C)(O)C(C)(C)C.CC(C)C(C(C)(C)C)C(C)(C)C.CCC(C(C)(C)C)C(C)(C)C.CCC(O)(C(C)(C)C)C(C)(C)C. The zero-order valence-corrected chi connectivity index (χ0v) is 55.2. The second kappa shape index (κ2) is 27.3. The Bertz CT molecular complexity index is 1120. The van der Waals surface area contributed by atoms with Gasteiger partial charge in [-0.3, -0.25) is 0 Å². The predicted octanol–water partition coefficient (Wildman–Crippen LogP) is 22.6. The first-order valence-electron chi connectivity index (χ1n) is 27.1. The fourth-order valence-corrected chi connectivity index (χ4v) is 11.7. The van der Waals surface area contributed by atoms with E-state index < -0.39 is 11.2 Å². The quantitative estimate of drug-likeness (QED) is 0.296. The molecule has 0 aliphatic heterocycles. The van der Waals surface area contributed by atoms with Gasteiger partial charge < -0.3 is 10.2 Å². The zero-order chi connectivity index (χ0) is 56.3. The molecule has 2 N–H and O–H groups in total. The summed E-state index contributed by atoms with van der Waals surface area (Å²) in [4.78, 5) is 0. The summed E-state index contributed by atoms with van der Waals surface area (Å²) < 4.78 is 0. The van der Waals surface area contributed by atoms with Crippen LogP contribution in [0, 0.1) is 94.6 Å². The van der Waals surface area contributed by atoms with Crippen molar-refractivity contribution in [3.63, 3.8) is 0 Å². The first-order valence-corrected chi connectivity index (χ1v) is 27.1. The van der Waals surface area contributed by atoms with Crippen molar-refractivity contribution < 1.29 is 10.2 Å². The molecule has 0 bridgehead atoms. The monoisotopic (exact) mass is 957 g/mol. The summed E-state index contributed by atoms with van der Waals surface area (Å²) in [6.07, 6.45) is 2.09. The lowest BCUT2D eigenvalue weighted by atomic mass is 9.61. The molecule has 0 saturated heterocycles. The minimum atomic E-state index is -0.625. The largest absolute Gasteiger partial charge is 0.389 e. The van der Waals surface area contributed by atoms with E-state index in [1.165, 1.54) is 6.42 Å². The summed E-state index contributed by atoms with van der Waals surface area (Å²) in [5.41, 5.74) is 2.07. The summed E-state index contributed by atoms with van der Waals surface area (Å²) in [6, 6.07) is 0. The number of hydrogen-bond donors (Lipinski definition) is 2. The van der Waals surface area contributed by atoms with Crippen LogP contribution in [0.15, 0.2) is 0 Å². The van der Waals surface area contributed by atoms with Crippen LogP contribution in [0.3, 0.4) is 0 Å². The predicted molar refractivity (Wildman–Crippen MR) is 316 cm³/mol. The highest BCUT2D eigenvalue weighted by atomic mass is 16.3. The lowest BCUT2D eigenvalue weighted by Crippen LogP contribution is -2.52. The minimum Gasteiger partial charge on any atom is -0.389 e. The lowest BCUT2D eigenvalue weighted by Gasteiger charge is -2.49. The Labute approximate surface area is 432 Å². The molecule has 0 rings (SSSR count). The van der Waals surface area contributed by atoms with Crippen LogP contribution in [0.1, 0.15) is 318 Å². The number of aliphatic hydroxyl groups is 2. The Morgan fingerprint density at radius 3 is 0.493 bits per heavy atom. The first kappa shape index (κ1) is 81.0. The van der Waals surface area contributed by atoms with Gasteiger partial charge in [-0.05, 0) is 108 Å². The van der Waals surface area contributed by atoms with E-state index in [-0.39, 0.29) is 29.1 Å². The third kappa shape index (κ3) is 31.2. The lowest BCUT2D eigenvalue weighted by molar-refractivity contribution is -0.139. The van der Waals surface area contributed by atoms with Gasteiger partial charge in [0, 0.05) is 0 Å². The molecule has 67 heavy (non-hydrogen) atoms. The average Bonchev–Trinajstić information content (AvgIpc) is 2.94. The highest BCUT2D eigenvalue weighted by Crippen LogP contribution is 2.47. The van der Waals surface area contributed by atoms with Crippen LogP contribution in [-0.2, 0) is 0 Å². The van der Waals surface area contributed by atoms with Crippen LogP contribution >= 0.6 is 0 Å². The highest BCUT2D eigenvalue weighted by Gasteiger charge is 2.48. The molecule has 0 aromatic heterocycles. The summed E-state index contributed by atoms with van der Waals surface area (Å²) in [5.74, 6) is 3.89. The van der Waals surface area contributed by atoms with Gasteiger partial charge in [-0.25, -0.2) is 0 Å². The van der Waals surface area contributed by atoms with Crippen molar-refractivity contribution in [3.8, 4) is 0 Å². The third-order valence-electron chi connectivity index (χ3n) is 16.1. The molecule has 0 aliphatic rings. The molecule has 416 valence electrons. The normalized spacial score (nSPS) is 14.4. The topological polar surface area (TPSA) is 40.5 Å². The summed E-state index contributed by atoms with van der Waals surface area (Å²) in [6.45, 7) is 96.4. The molecule has 0 aromatic carbocycles. The van der Waals surface area contributed by atoms with E-state index in [1.807, 2.05) is 6.92 Å². The van der Waals surface area contributed by atoms with Crippen molar-refractivity contribution in [2.24, 2.45) is 94.6 Å². The van der Waals surface area contributed by atoms with E-state index in [4.69, 9.17) is 0 Å². The molecule has 0 amide bonds. The van der Waals surface area contributed by atoms with E-state index in [0.717, 1.165) is 36.0 Å². The zero-order valence-electron chi connectivity index (χ0n) is 55.2. The minimum absolute atomic E-state index is 0. The van der Waals surface area contributed by atoms with Gasteiger partial charge in [0.1, 0.15) is 0 Å². The smallest absolute Gasteiger partial charge is 0.0741 e.